The fourth-order valence-electron chi connectivity index (χ4n) is 2.79. The summed E-state index contributed by atoms with van der Waals surface area (Å²) in [6.45, 7) is 3.04. The molecule has 24 heavy (non-hydrogen) atoms. The highest BCUT2D eigenvalue weighted by Crippen LogP contribution is 2.44. The third kappa shape index (κ3) is 2.35. The average Bonchev–Trinajstić information content (AvgIpc) is 3.00. The van der Waals surface area contributed by atoms with Gasteiger partial charge in [-0.15, -0.1) is 5.92 Å². The van der Waals surface area contributed by atoms with E-state index >= 15 is 0 Å². The molecule has 3 heterocycles. The van der Waals surface area contributed by atoms with Gasteiger partial charge in [0, 0.05) is 0 Å². The number of nitrogens with two attached hydrogens (primary N) is 1. The minimum Gasteiger partial charge on any atom is -0.391 e. The number of nitrogens with zero attached hydrogens (tertiary/aromatic N) is 3. The van der Waals surface area contributed by atoms with Crippen molar-refractivity contribution in [3.63, 3.8) is 0 Å². The van der Waals surface area contributed by atoms with Crippen molar-refractivity contribution < 1.29 is 14.9 Å². The van der Waals surface area contributed by atoms with E-state index in [-0.39, 0.29) is 17.1 Å². The minimum atomic E-state index is -1.55. The molecule has 128 valence electrons. The lowest BCUT2D eigenvalue weighted by molar-refractivity contribution is -0.0752. The van der Waals surface area contributed by atoms with Crippen LogP contribution < -0.4 is 11.3 Å². The van der Waals surface area contributed by atoms with Gasteiger partial charge in [-0.2, -0.15) is 4.98 Å². The molecule has 0 bridgehead atoms. The largest absolute Gasteiger partial charge is 0.391 e. The van der Waals surface area contributed by atoms with Gasteiger partial charge in [-0.1, -0.05) is 17.5 Å². The summed E-state index contributed by atoms with van der Waals surface area (Å²) in [6, 6.07) is 0. The van der Waals surface area contributed by atoms with E-state index in [1.807, 2.05) is 0 Å². The lowest BCUT2D eigenvalue weighted by Crippen LogP contribution is -2.43. The lowest BCUT2D eigenvalue weighted by atomic mass is 9.97. The highest BCUT2D eigenvalue weighted by atomic mass is 35.5. The van der Waals surface area contributed by atoms with Crippen molar-refractivity contribution in [2.24, 2.45) is 0 Å². The Morgan fingerprint density at radius 1 is 1.62 bits per heavy atom. The second-order valence-corrected chi connectivity index (χ2v) is 6.18. The van der Waals surface area contributed by atoms with Crippen molar-refractivity contribution in [2.45, 2.75) is 43.3 Å². The van der Waals surface area contributed by atoms with Crippen LogP contribution in [-0.4, -0.2) is 52.9 Å². The number of aromatic nitrogens is 4. The van der Waals surface area contributed by atoms with Gasteiger partial charge in [0.1, 0.15) is 12.2 Å². The quantitative estimate of drug-likeness (QED) is 0.415. The topological polar surface area (TPSA) is 139 Å². The van der Waals surface area contributed by atoms with Crippen LogP contribution in [0.3, 0.4) is 0 Å². The molecule has 2 aromatic rings. The minimum absolute atomic E-state index is 0.0475. The van der Waals surface area contributed by atoms with E-state index in [0.29, 0.717) is 0 Å². The van der Waals surface area contributed by atoms with E-state index in [0.717, 1.165) is 0 Å². The predicted molar refractivity (Wildman–Crippen MR) is 86.2 cm³/mol. The van der Waals surface area contributed by atoms with Crippen LogP contribution >= 0.6 is 11.6 Å². The maximum Gasteiger partial charge on any atom is 0.280 e. The number of rotatable bonds is 2. The third-order valence-electron chi connectivity index (χ3n) is 3.88. The van der Waals surface area contributed by atoms with Crippen LogP contribution in [-0.2, 0) is 4.74 Å². The van der Waals surface area contributed by atoms with Gasteiger partial charge < -0.3 is 20.7 Å². The number of aliphatic hydroxyl groups is 2. The zero-order valence-corrected chi connectivity index (χ0v) is 13.7. The number of ether oxygens (including phenoxy) is 1. The Morgan fingerprint density at radius 2 is 2.33 bits per heavy atom. The SMILES string of the molecule is CC#C[C@@]1(Cl)C(O)[C@@H]([C@H](C)O)O[C@H]1n1cnc2c(=O)[nH]c(N)nc21. The first-order valence-corrected chi connectivity index (χ1v) is 7.54. The predicted octanol–water partition coefficient (Wildman–Crippen LogP) is -0.658. The third-order valence-corrected chi connectivity index (χ3v) is 4.39. The second-order valence-electron chi connectivity index (χ2n) is 5.56. The highest BCUT2D eigenvalue weighted by molar-refractivity contribution is 6.27. The van der Waals surface area contributed by atoms with Gasteiger partial charge in [0.25, 0.3) is 5.56 Å². The Morgan fingerprint density at radius 3 is 2.96 bits per heavy atom. The van der Waals surface area contributed by atoms with Gasteiger partial charge in [0.15, 0.2) is 22.3 Å². The van der Waals surface area contributed by atoms with E-state index < -0.39 is 35.0 Å². The number of aromatic amines is 1. The molecule has 0 aliphatic carbocycles. The van der Waals surface area contributed by atoms with Crippen LogP contribution in [0, 0.1) is 11.8 Å². The Balaban J connectivity index is 2.20. The zero-order valence-electron chi connectivity index (χ0n) is 12.9. The summed E-state index contributed by atoms with van der Waals surface area (Å²) in [5, 5.41) is 20.3. The van der Waals surface area contributed by atoms with E-state index in [9.17, 15) is 15.0 Å². The molecule has 1 aliphatic rings. The second kappa shape index (κ2) is 5.75. The van der Waals surface area contributed by atoms with E-state index in [4.69, 9.17) is 22.1 Å². The number of hydrogen-bond acceptors (Lipinski definition) is 7. The number of nitrogen functional groups attached to an aromatic ring is 1. The monoisotopic (exact) mass is 353 g/mol. The van der Waals surface area contributed by atoms with Gasteiger partial charge in [0.2, 0.25) is 5.95 Å². The maximum absolute atomic E-state index is 11.9. The molecule has 1 saturated heterocycles. The summed E-state index contributed by atoms with van der Waals surface area (Å²) >= 11 is 6.54. The van der Waals surface area contributed by atoms with E-state index in [2.05, 4.69) is 26.8 Å². The summed E-state index contributed by atoms with van der Waals surface area (Å²) in [7, 11) is 0. The number of nitrogens with one attached hydrogen (secondary N) is 1. The standard InChI is InChI=1S/C14H16ClN5O4/c1-3-4-14(15)9(22)8(6(2)21)24-12(14)20-5-17-7-10(20)18-13(16)19-11(7)23/h5-6,8-9,12,21-22H,1-2H3,(H3,16,18,19,23)/t6-,8+,9?,12+,14+/m0/s1. The van der Waals surface area contributed by atoms with Gasteiger partial charge in [-0.3, -0.25) is 14.3 Å². The van der Waals surface area contributed by atoms with E-state index in [1.54, 1.807) is 6.92 Å². The molecule has 1 unspecified atom stereocenters. The first kappa shape index (κ1) is 16.7. The number of fused-ring (bicyclic) bond motifs is 1. The Hall–Kier alpha value is -2.12. The number of halogens is 1. The number of H-pyrrole nitrogens is 1. The van der Waals surface area contributed by atoms with Crippen molar-refractivity contribution in [2.75, 3.05) is 5.73 Å². The summed E-state index contributed by atoms with van der Waals surface area (Å²) in [6.07, 6.45) is -2.95. The van der Waals surface area contributed by atoms with Crippen molar-refractivity contribution in [3.8, 4) is 11.8 Å². The molecule has 5 atom stereocenters. The van der Waals surface area contributed by atoms with Crippen LogP contribution in [0.25, 0.3) is 11.2 Å². The van der Waals surface area contributed by atoms with Crippen LogP contribution in [0.15, 0.2) is 11.1 Å². The summed E-state index contributed by atoms with van der Waals surface area (Å²) in [4.78, 5) is 20.7. The molecule has 3 rings (SSSR count). The summed E-state index contributed by atoms with van der Waals surface area (Å²) in [5.74, 6) is 5.28. The molecule has 0 amide bonds. The van der Waals surface area contributed by atoms with Crippen molar-refractivity contribution in [1.82, 2.24) is 19.5 Å². The molecule has 0 aromatic carbocycles. The van der Waals surface area contributed by atoms with Crippen LogP contribution in [0.2, 0.25) is 0 Å². The molecule has 10 heteroatoms. The molecular formula is C14H16ClN5O4. The average molecular weight is 354 g/mol. The molecule has 0 saturated carbocycles. The molecule has 9 nitrogen and oxygen atoms in total. The maximum atomic E-state index is 11.9. The van der Waals surface area contributed by atoms with Crippen molar-refractivity contribution >= 4 is 28.7 Å². The van der Waals surface area contributed by atoms with Crippen molar-refractivity contribution in [3.05, 3.63) is 16.7 Å². The Kier molecular flexibility index (Phi) is 4.01. The number of hydrogen-bond donors (Lipinski definition) is 4. The molecule has 0 radical (unpaired) electrons. The first-order chi connectivity index (χ1) is 11.3. The van der Waals surface area contributed by atoms with Crippen LogP contribution in [0.5, 0.6) is 0 Å². The summed E-state index contributed by atoms with van der Waals surface area (Å²) < 4.78 is 7.11. The number of alkyl halides is 1. The number of imidazole rings is 1. The first-order valence-electron chi connectivity index (χ1n) is 7.16. The Bertz CT molecular complexity index is 898. The fraction of sp³-hybridized carbons (Fsp3) is 0.500. The van der Waals surface area contributed by atoms with Gasteiger partial charge >= 0.3 is 0 Å². The number of anilines is 1. The van der Waals surface area contributed by atoms with Crippen LogP contribution in [0.4, 0.5) is 5.95 Å². The zero-order chi connectivity index (χ0) is 17.6. The molecule has 0 spiro atoms. The normalized spacial score (nSPS) is 31.0. The molecule has 5 N–H and O–H groups in total. The molecule has 1 aliphatic heterocycles. The highest BCUT2D eigenvalue weighted by Gasteiger charge is 2.57. The molecular weight excluding hydrogens is 338 g/mol. The van der Waals surface area contributed by atoms with Crippen LogP contribution in [0.1, 0.15) is 20.1 Å². The molecule has 1 fully saturated rings. The van der Waals surface area contributed by atoms with E-state index in [1.165, 1.54) is 17.8 Å². The summed E-state index contributed by atoms with van der Waals surface area (Å²) in [5.41, 5.74) is 5.26. The lowest BCUT2D eigenvalue weighted by Gasteiger charge is -2.25. The fourth-order valence-corrected chi connectivity index (χ4v) is 3.17. The van der Waals surface area contributed by atoms with Gasteiger partial charge in [0.05, 0.1) is 12.4 Å². The number of aliphatic hydroxyl groups excluding tert-OH is 2. The smallest absolute Gasteiger partial charge is 0.280 e. The van der Waals surface area contributed by atoms with Gasteiger partial charge in [-0.05, 0) is 13.8 Å². The van der Waals surface area contributed by atoms with Crippen molar-refractivity contribution in [1.29, 1.82) is 0 Å². The van der Waals surface area contributed by atoms with Gasteiger partial charge in [-0.25, -0.2) is 4.98 Å². The Labute approximate surface area is 141 Å². The molecule has 2 aromatic heterocycles.